The molecule has 4 aromatic rings. The first-order valence-corrected chi connectivity index (χ1v) is 11.2. The van der Waals surface area contributed by atoms with Gasteiger partial charge in [0.05, 0.1) is 10.4 Å². The molecular formula is C25H14BrClS. The summed E-state index contributed by atoms with van der Waals surface area (Å²) < 4.78 is 1.11. The van der Waals surface area contributed by atoms with Crippen LogP contribution < -0.4 is 0 Å². The van der Waals surface area contributed by atoms with Gasteiger partial charge in [-0.1, -0.05) is 96.2 Å². The SMILES string of the molecule is Clc1cccc2c1Sc1c(Br)cccc1C21c2ccccc2-c2ccccc21. The Morgan fingerprint density at radius 1 is 0.607 bits per heavy atom. The van der Waals surface area contributed by atoms with Crippen LogP contribution >= 0.6 is 39.3 Å². The normalized spacial score (nSPS) is 14.9. The second-order valence-electron chi connectivity index (χ2n) is 7.18. The lowest BCUT2D eigenvalue weighted by Crippen LogP contribution is -2.32. The fourth-order valence-electron chi connectivity index (χ4n) is 4.88. The van der Waals surface area contributed by atoms with E-state index in [0.717, 1.165) is 14.4 Å². The summed E-state index contributed by atoms with van der Waals surface area (Å²) in [6, 6.07) is 30.5. The van der Waals surface area contributed by atoms with Crippen LogP contribution in [0.3, 0.4) is 0 Å². The molecule has 0 fully saturated rings. The minimum absolute atomic E-state index is 0.349. The monoisotopic (exact) mass is 460 g/mol. The second-order valence-corrected chi connectivity index (χ2v) is 9.46. The third kappa shape index (κ3) is 1.98. The van der Waals surface area contributed by atoms with Crippen LogP contribution in [-0.2, 0) is 5.41 Å². The molecule has 1 aliphatic heterocycles. The molecule has 134 valence electrons. The van der Waals surface area contributed by atoms with Crippen molar-refractivity contribution in [2.24, 2.45) is 0 Å². The van der Waals surface area contributed by atoms with Gasteiger partial charge in [0.25, 0.3) is 0 Å². The van der Waals surface area contributed by atoms with Crippen LogP contribution in [0.5, 0.6) is 0 Å². The summed E-state index contributed by atoms with van der Waals surface area (Å²) in [4.78, 5) is 2.39. The highest BCUT2D eigenvalue weighted by Crippen LogP contribution is 2.63. The standard InChI is InChI=1S/C25H14BrClS/c26-21-13-5-11-19-23(21)28-24-20(12-6-14-22(24)27)25(19)17-9-3-1-7-15(17)16-8-2-4-10-18(16)25/h1-14H. The summed E-state index contributed by atoms with van der Waals surface area (Å²) in [5.74, 6) is 0. The molecule has 1 spiro atoms. The lowest BCUT2D eigenvalue weighted by Gasteiger charge is -2.40. The lowest BCUT2D eigenvalue weighted by atomic mass is 9.67. The molecule has 0 aromatic heterocycles. The summed E-state index contributed by atoms with van der Waals surface area (Å²) in [6.07, 6.45) is 0. The van der Waals surface area contributed by atoms with Gasteiger partial charge in [-0.25, -0.2) is 0 Å². The van der Waals surface area contributed by atoms with Gasteiger partial charge in [-0.15, -0.1) is 0 Å². The van der Waals surface area contributed by atoms with E-state index in [-0.39, 0.29) is 5.41 Å². The summed E-state index contributed by atoms with van der Waals surface area (Å²) >= 11 is 12.3. The Kier molecular flexibility index (Phi) is 3.62. The van der Waals surface area contributed by atoms with Crippen molar-refractivity contribution in [2.75, 3.05) is 0 Å². The molecule has 4 aromatic carbocycles. The van der Waals surface area contributed by atoms with E-state index in [1.807, 2.05) is 6.07 Å². The Labute approximate surface area is 181 Å². The van der Waals surface area contributed by atoms with Gasteiger partial charge in [0.2, 0.25) is 0 Å². The number of benzene rings is 4. The predicted molar refractivity (Wildman–Crippen MR) is 121 cm³/mol. The number of rotatable bonds is 0. The zero-order valence-electron chi connectivity index (χ0n) is 14.7. The summed E-state index contributed by atoms with van der Waals surface area (Å²) in [5.41, 5.74) is 7.52. The van der Waals surface area contributed by atoms with Crippen molar-refractivity contribution < 1.29 is 0 Å². The van der Waals surface area contributed by atoms with Crippen molar-refractivity contribution >= 4 is 39.3 Å². The van der Waals surface area contributed by atoms with Crippen LogP contribution in [0.2, 0.25) is 5.02 Å². The third-order valence-corrected chi connectivity index (χ3v) is 8.54. The van der Waals surface area contributed by atoms with Crippen LogP contribution in [-0.4, -0.2) is 0 Å². The predicted octanol–water partition coefficient (Wildman–Crippen LogP) is 7.93. The first-order chi connectivity index (χ1) is 13.7. The fourth-order valence-corrected chi connectivity index (χ4v) is 6.97. The van der Waals surface area contributed by atoms with Gasteiger partial charge in [0, 0.05) is 14.3 Å². The molecule has 0 amide bonds. The quantitative estimate of drug-likeness (QED) is 0.221. The molecule has 1 aliphatic carbocycles. The van der Waals surface area contributed by atoms with Gasteiger partial charge < -0.3 is 0 Å². The van der Waals surface area contributed by atoms with E-state index in [4.69, 9.17) is 11.6 Å². The van der Waals surface area contributed by atoms with Crippen LogP contribution in [0.4, 0.5) is 0 Å². The van der Waals surface area contributed by atoms with Gasteiger partial charge in [0.15, 0.2) is 0 Å². The number of fused-ring (bicyclic) bond motifs is 9. The average Bonchev–Trinajstić information content (AvgIpc) is 3.02. The minimum Gasteiger partial charge on any atom is -0.0866 e. The third-order valence-electron chi connectivity index (χ3n) is 5.90. The zero-order chi connectivity index (χ0) is 18.9. The molecule has 2 aliphatic rings. The van der Waals surface area contributed by atoms with E-state index >= 15 is 0 Å². The Balaban J connectivity index is 1.88. The number of halogens is 2. The molecule has 0 saturated heterocycles. The Bertz CT molecular complexity index is 1180. The molecule has 0 N–H and O–H groups in total. The van der Waals surface area contributed by atoms with Crippen molar-refractivity contribution in [2.45, 2.75) is 15.2 Å². The first kappa shape index (κ1) is 16.9. The molecule has 0 bridgehead atoms. The molecule has 0 unspecified atom stereocenters. The largest absolute Gasteiger partial charge is 0.0866 e. The van der Waals surface area contributed by atoms with Crippen molar-refractivity contribution in [3.63, 3.8) is 0 Å². The van der Waals surface area contributed by atoms with Crippen LogP contribution in [0, 0.1) is 0 Å². The fraction of sp³-hybridized carbons (Fsp3) is 0.0400. The molecule has 6 rings (SSSR count). The molecule has 1 heterocycles. The molecule has 28 heavy (non-hydrogen) atoms. The van der Waals surface area contributed by atoms with E-state index in [2.05, 4.69) is 94.8 Å². The maximum Gasteiger partial charge on any atom is 0.0736 e. The topological polar surface area (TPSA) is 0 Å². The first-order valence-electron chi connectivity index (χ1n) is 9.18. The number of hydrogen-bond acceptors (Lipinski definition) is 1. The highest BCUT2D eigenvalue weighted by atomic mass is 79.9. The molecule has 0 saturated carbocycles. The summed E-state index contributed by atoms with van der Waals surface area (Å²) in [6.45, 7) is 0. The Morgan fingerprint density at radius 2 is 1.14 bits per heavy atom. The maximum atomic E-state index is 6.74. The van der Waals surface area contributed by atoms with E-state index in [0.29, 0.717) is 0 Å². The zero-order valence-corrected chi connectivity index (χ0v) is 17.9. The van der Waals surface area contributed by atoms with E-state index in [1.54, 1.807) is 11.8 Å². The Morgan fingerprint density at radius 3 is 1.82 bits per heavy atom. The van der Waals surface area contributed by atoms with Gasteiger partial charge in [-0.3, -0.25) is 0 Å². The van der Waals surface area contributed by atoms with Crippen LogP contribution in [0.15, 0.2) is 99.2 Å². The average molecular weight is 462 g/mol. The van der Waals surface area contributed by atoms with E-state index < -0.39 is 0 Å². The van der Waals surface area contributed by atoms with Crippen molar-refractivity contribution in [1.29, 1.82) is 0 Å². The number of hydrogen-bond donors (Lipinski definition) is 0. The van der Waals surface area contributed by atoms with E-state index in [1.165, 1.54) is 38.3 Å². The molecule has 0 nitrogen and oxygen atoms in total. The van der Waals surface area contributed by atoms with Gasteiger partial charge >= 0.3 is 0 Å². The second kappa shape index (κ2) is 6.00. The van der Waals surface area contributed by atoms with Crippen molar-refractivity contribution in [3.05, 3.63) is 117 Å². The van der Waals surface area contributed by atoms with Crippen molar-refractivity contribution in [1.82, 2.24) is 0 Å². The highest BCUT2D eigenvalue weighted by molar-refractivity contribution is 9.10. The smallest absolute Gasteiger partial charge is 0.0736 e. The van der Waals surface area contributed by atoms with Gasteiger partial charge in [0.1, 0.15) is 0 Å². The Hall–Kier alpha value is -2.00. The molecule has 3 heteroatoms. The summed E-state index contributed by atoms with van der Waals surface area (Å²) in [5, 5.41) is 0.810. The molecule has 0 radical (unpaired) electrons. The van der Waals surface area contributed by atoms with Gasteiger partial charge in [-0.2, -0.15) is 0 Å². The maximum absolute atomic E-state index is 6.74. The van der Waals surface area contributed by atoms with Crippen molar-refractivity contribution in [3.8, 4) is 11.1 Å². The van der Waals surface area contributed by atoms with Crippen LogP contribution in [0.25, 0.3) is 11.1 Å². The molecule has 0 atom stereocenters. The van der Waals surface area contributed by atoms with E-state index in [9.17, 15) is 0 Å². The van der Waals surface area contributed by atoms with Crippen LogP contribution in [0.1, 0.15) is 22.3 Å². The molecular weight excluding hydrogens is 448 g/mol. The summed E-state index contributed by atoms with van der Waals surface area (Å²) in [7, 11) is 0. The minimum atomic E-state index is -0.349. The highest BCUT2D eigenvalue weighted by Gasteiger charge is 2.50. The van der Waals surface area contributed by atoms with Gasteiger partial charge in [-0.05, 0) is 61.4 Å². The lowest BCUT2D eigenvalue weighted by molar-refractivity contribution is 0.720.